The second kappa shape index (κ2) is 12.5. The first kappa shape index (κ1) is 24.2. The fourth-order valence-electron chi connectivity index (χ4n) is 2.42. The van der Waals surface area contributed by atoms with E-state index >= 15 is 0 Å². The van der Waals surface area contributed by atoms with E-state index in [4.69, 9.17) is 0 Å². The minimum atomic E-state index is -3.14. The van der Waals surface area contributed by atoms with Crippen LogP contribution in [-0.2, 0) is 16.4 Å². The van der Waals surface area contributed by atoms with E-state index < -0.39 is 9.84 Å². The zero-order chi connectivity index (χ0) is 18.0. The van der Waals surface area contributed by atoms with Gasteiger partial charge in [0.15, 0.2) is 15.8 Å². The van der Waals surface area contributed by atoms with Crippen LogP contribution in [-0.4, -0.2) is 33.7 Å². The summed E-state index contributed by atoms with van der Waals surface area (Å²) in [5.41, 5.74) is 1.01. The highest BCUT2D eigenvalue weighted by molar-refractivity contribution is 14.0. The zero-order valence-corrected chi connectivity index (χ0v) is 18.9. The van der Waals surface area contributed by atoms with Crippen molar-refractivity contribution < 1.29 is 8.42 Å². The number of unbranched alkanes of at least 4 members (excludes halogenated alkanes) is 3. The van der Waals surface area contributed by atoms with E-state index in [1.165, 1.54) is 31.9 Å². The number of nitrogens with zero attached hydrogens (tertiary/aromatic N) is 1. The molecule has 0 amide bonds. The van der Waals surface area contributed by atoms with Gasteiger partial charge < -0.3 is 10.6 Å². The van der Waals surface area contributed by atoms with Crippen LogP contribution in [0.2, 0.25) is 0 Å². The van der Waals surface area contributed by atoms with Gasteiger partial charge in [-0.25, -0.2) is 8.42 Å². The Bertz CT molecular complexity index is 616. The summed E-state index contributed by atoms with van der Waals surface area (Å²) < 4.78 is 22.9. The molecule has 0 aliphatic heterocycles. The molecule has 1 aromatic rings. The molecule has 0 spiro atoms. The molecular formula is C18H32IN3O2S. The molecule has 0 aliphatic rings. The Kier molecular flexibility index (Phi) is 12.1. The molecule has 1 aromatic carbocycles. The molecule has 0 aliphatic carbocycles. The van der Waals surface area contributed by atoms with Crippen LogP contribution in [0.15, 0.2) is 34.2 Å². The van der Waals surface area contributed by atoms with Crippen molar-refractivity contribution in [1.29, 1.82) is 0 Å². The van der Waals surface area contributed by atoms with Gasteiger partial charge in [0, 0.05) is 25.9 Å². The highest BCUT2D eigenvalue weighted by Gasteiger charge is 2.07. The van der Waals surface area contributed by atoms with E-state index in [1.807, 2.05) is 12.1 Å². The molecule has 1 rings (SSSR count). The number of guanidine groups is 1. The molecule has 144 valence electrons. The van der Waals surface area contributed by atoms with Gasteiger partial charge >= 0.3 is 0 Å². The van der Waals surface area contributed by atoms with Crippen LogP contribution in [0, 0.1) is 0 Å². The topological polar surface area (TPSA) is 70.6 Å². The van der Waals surface area contributed by atoms with Crippen molar-refractivity contribution >= 4 is 39.8 Å². The Morgan fingerprint density at radius 3 is 2.32 bits per heavy atom. The van der Waals surface area contributed by atoms with Crippen molar-refractivity contribution in [2.75, 3.05) is 13.3 Å². The number of hydrogen-bond donors (Lipinski definition) is 2. The summed E-state index contributed by atoms with van der Waals surface area (Å²) in [6.45, 7) is 4.99. The lowest BCUT2D eigenvalue weighted by molar-refractivity contribution is 0.537. The molecule has 0 saturated heterocycles. The van der Waals surface area contributed by atoms with Crippen LogP contribution >= 0.6 is 24.0 Å². The normalized spacial score (nSPS) is 13.0. The molecule has 1 atom stereocenters. The molecule has 25 heavy (non-hydrogen) atoms. The summed E-state index contributed by atoms with van der Waals surface area (Å²) in [4.78, 5) is 4.58. The molecule has 5 nitrogen and oxygen atoms in total. The summed E-state index contributed by atoms with van der Waals surface area (Å²) in [5, 5.41) is 6.66. The maximum absolute atomic E-state index is 11.5. The third-order valence-electron chi connectivity index (χ3n) is 3.91. The van der Waals surface area contributed by atoms with Crippen LogP contribution in [0.25, 0.3) is 0 Å². The van der Waals surface area contributed by atoms with Gasteiger partial charge in [0.05, 0.1) is 4.90 Å². The van der Waals surface area contributed by atoms with Crippen molar-refractivity contribution in [2.45, 2.75) is 63.4 Å². The van der Waals surface area contributed by atoms with Gasteiger partial charge in [0.2, 0.25) is 0 Å². The fourth-order valence-corrected chi connectivity index (χ4v) is 3.05. The molecule has 0 radical (unpaired) electrons. The lowest BCUT2D eigenvalue weighted by Gasteiger charge is -2.18. The third-order valence-corrected chi connectivity index (χ3v) is 5.04. The monoisotopic (exact) mass is 481 g/mol. The standard InChI is InChI=1S/C18H31N3O2S.HI/c1-5-6-7-8-9-15(2)21-18(19-3)20-14-16-10-12-17(13-11-16)24(4,22)23;/h10-13,15H,5-9,14H2,1-4H3,(H2,19,20,21);1H. The summed E-state index contributed by atoms with van der Waals surface area (Å²) in [6.07, 6.45) is 7.40. The van der Waals surface area contributed by atoms with Gasteiger partial charge in [-0.15, -0.1) is 24.0 Å². The van der Waals surface area contributed by atoms with E-state index in [9.17, 15) is 8.42 Å². The van der Waals surface area contributed by atoms with Crippen LogP contribution in [0.5, 0.6) is 0 Å². The van der Waals surface area contributed by atoms with E-state index in [0.717, 1.165) is 17.9 Å². The Balaban J connectivity index is 0.00000576. The van der Waals surface area contributed by atoms with Crippen molar-refractivity contribution in [1.82, 2.24) is 10.6 Å². The van der Waals surface area contributed by atoms with Crippen LogP contribution in [0.3, 0.4) is 0 Å². The van der Waals surface area contributed by atoms with Gasteiger partial charge in [-0.3, -0.25) is 4.99 Å². The number of rotatable bonds is 9. The zero-order valence-electron chi connectivity index (χ0n) is 15.7. The molecule has 0 aromatic heterocycles. The predicted octanol–water partition coefficient (Wildman–Crippen LogP) is 3.73. The summed E-state index contributed by atoms with van der Waals surface area (Å²) in [7, 11) is -1.39. The first-order valence-corrected chi connectivity index (χ1v) is 10.5. The number of hydrogen-bond acceptors (Lipinski definition) is 3. The molecule has 1 unspecified atom stereocenters. The summed E-state index contributed by atoms with van der Waals surface area (Å²) in [5.74, 6) is 0.769. The Morgan fingerprint density at radius 2 is 1.80 bits per heavy atom. The lowest BCUT2D eigenvalue weighted by atomic mass is 10.1. The van der Waals surface area contributed by atoms with Gasteiger partial charge in [0.1, 0.15) is 0 Å². The lowest BCUT2D eigenvalue weighted by Crippen LogP contribution is -2.41. The van der Waals surface area contributed by atoms with Crippen molar-refractivity contribution in [3.63, 3.8) is 0 Å². The van der Waals surface area contributed by atoms with E-state index in [-0.39, 0.29) is 24.0 Å². The SMILES string of the molecule is CCCCCCC(C)NC(=NC)NCc1ccc(S(C)(=O)=O)cc1.I. The summed E-state index contributed by atoms with van der Waals surface area (Å²) >= 11 is 0. The molecular weight excluding hydrogens is 449 g/mol. The number of halogens is 1. The van der Waals surface area contributed by atoms with Gasteiger partial charge in [-0.2, -0.15) is 0 Å². The van der Waals surface area contributed by atoms with Gasteiger partial charge in [0.25, 0.3) is 0 Å². The maximum Gasteiger partial charge on any atom is 0.191 e. The Morgan fingerprint density at radius 1 is 1.16 bits per heavy atom. The number of benzene rings is 1. The predicted molar refractivity (Wildman–Crippen MR) is 117 cm³/mol. The highest BCUT2D eigenvalue weighted by atomic mass is 127. The van der Waals surface area contributed by atoms with E-state index in [0.29, 0.717) is 17.5 Å². The minimum absolute atomic E-state index is 0. The number of aliphatic imine (C=N–C) groups is 1. The molecule has 0 fully saturated rings. The van der Waals surface area contributed by atoms with E-state index in [2.05, 4.69) is 29.5 Å². The fraction of sp³-hybridized carbons (Fsp3) is 0.611. The highest BCUT2D eigenvalue weighted by Crippen LogP contribution is 2.10. The van der Waals surface area contributed by atoms with E-state index in [1.54, 1.807) is 19.2 Å². The molecule has 7 heteroatoms. The second-order valence-corrected chi connectivity index (χ2v) is 8.25. The smallest absolute Gasteiger partial charge is 0.191 e. The van der Waals surface area contributed by atoms with Crippen molar-refractivity contribution in [3.05, 3.63) is 29.8 Å². The van der Waals surface area contributed by atoms with Gasteiger partial charge in [-0.05, 0) is 31.0 Å². The third kappa shape index (κ3) is 10.0. The van der Waals surface area contributed by atoms with Gasteiger partial charge in [-0.1, -0.05) is 44.7 Å². The first-order valence-electron chi connectivity index (χ1n) is 8.63. The van der Waals surface area contributed by atoms with Crippen molar-refractivity contribution in [2.24, 2.45) is 4.99 Å². The summed E-state index contributed by atoms with van der Waals surface area (Å²) in [6, 6.07) is 7.30. The second-order valence-electron chi connectivity index (χ2n) is 6.24. The maximum atomic E-state index is 11.5. The Labute approximate surface area is 170 Å². The number of sulfone groups is 1. The minimum Gasteiger partial charge on any atom is -0.354 e. The molecule has 0 saturated carbocycles. The quantitative estimate of drug-likeness (QED) is 0.244. The number of nitrogens with one attached hydrogen (secondary N) is 2. The average Bonchev–Trinajstić information content (AvgIpc) is 2.55. The van der Waals surface area contributed by atoms with Crippen LogP contribution in [0.4, 0.5) is 0 Å². The Hall–Kier alpha value is -0.830. The van der Waals surface area contributed by atoms with Crippen molar-refractivity contribution in [3.8, 4) is 0 Å². The largest absolute Gasteiger partial charge is 0.354 e. The van der Waals surface area contributed by atoms with Crippen LogP contribution in [0.1, 0.15) is 51.5 Å². The first-order chi connectivity index (χ1) is 11.4. The molecule has 0 heterocycles. The average molecular weight is 481 g/mol. The molecule has 2 N–H and O–H groups in total. The van der Waals surface area contributed by atoms with Crippen LogP contribution < -0.4 is 10.6 Å². The molecule has 0 bridgehead atoms.